The SMILES string of the molecule is Nc1nn(-c2cc(C(F)(F)F)ccc2Br)c2c1CCCC2. The Morgan fingerprint density at radius 2 is 1.90 bits per heavy atom. The molecule has 7 heteroatoms. The molecule has 0 atom stereocenters. The van der Waals surface area contributed by atoms with Gasteiger partial charge in [-0.25, -0.2) is 4.68 Å². The lowest BCUT2D eigenvalue weighted by Crippen LogP contribution is -2.11. The maximum Gasteiger partial charge on any atom is 0.416 e. The molecule has 3 rings (SSSR count). The first-order valence-electron chi connectivity index (χ1n) is 6.61. The third-order valence-electron chi connectivity index (χ3n) is 3.71. The number of nitrogens with zero attached hydrogens (tertiary/aromatic N) is 2. The molecular formula is C14H13BrF3N3. The van der Waals surface area contributed by atoms with Gasteiger partial charge in [0.15, 0.2) is 0 Å². The van der Waals surface area contributed by atoms with Gasteiger partial charge in [0.2, 0.25) is 0 Å². The van der Waals surface area contributed by atoms with Crippen LogP contribution in [0.3, 0.4) is 0 Å². The van der Waals surface area contributed by atoms with E-state index in [1.807, 2.05) is 0 Å². The third-order valence-corrected chi connectivity index (χ3v) is 4.38. The van der Waals surface area contributed by atoms with Gasteiger partial charge in [0, 0.05) is 15.7 Å². The van der Waals surface area contributed by atoms with Gasteiger partial charge in [-0.1, -0.05) is 0 Å². The number of rotatable bonds is 1. The van der Waals surface area contributed by atoms with Gasteiger partial charge in [-0.3, -0.25) is 0 Å². The van der Waals surface area contributed by atoms with Crippen LogP contribution in [0.2, 0.25) is 0 Å². The highest BCUT2D eigenvalue weighted by Gasteiger charge is 2.31. The lowest BCUT2D eigenvalue weighted by molar-refractivity contribution is -0.137. The Morgan fingerprint density at radius 1 is 1.19 bits per heavy atom. The second-order valence-electron chi connectivity index (χ2n) is 5.09. The van der Waals surface area contributed by atoms with E-state index in [0.717, 1.165) is 49.1 Å². The Kier molecular flexibility index (Phi) is 3.47. The van der Waals surface area contributed by atoms with E-state index in [1.165, 1.54) is 6.07 Å². The van der Waals surface area contributed by atoms with Crippen molar-refractivity contribution in [2.75, 3.05) is 5.73 Å². The molecule has 112 valence electrons. The van der Waals surface area contributed by atoms with Gasteiger partial charge in [0.05, 0.1) is 11.3 Å². The van der Waals surface area contributed by atoms with Crippen molar-refractivity contribution in [3.63, 3.8) is 0 Å². The zero-order valence-electron chi connectivity index (χ0n) is 11.0. The monoisotopic (exact) mass is 359 g/mol. The molecule has 0 radical (unpaired) electrons. The van der Waals surface area contributed by atoms with Crippen LogP contribution in [0.4, 0.5) is 19.0 Å². The normalized spacial score (nSPS) is 15.0. The Labute approximate surface area is 128 Å². The summed E-state index contributed by atoms with van der Waals surface area (Å²) in [5, 5.41) is 4.24. The second-order valence-corrected chi connectivity index (χ2v) is 5.95. The third kappa shape index (κ3) is 2.54. The largest absolute Gasteiger partial charge is 0.416 e. The Morgan fingerprint density at radius 3 is 2.62 bits per heavy atom. The molecule has 0 amide bonds. The molecule has 0 fully saturated rings. The van der Waals surface area contributed by atoms with E-state index < -0.39 is 11.7 Å². The summed E-state index contributed by atoms with van der Waals surface area (Å²) in [6.45, 7) is 0. The fraction of sp³-hybridized carbons (Fsp3) is 0.357. The van der Waals surface area contributed by atoms with Crippen LogP contribution in [0, 0.1) is 0 Å². The van der Waals surface area contributed by atoms with E-state index in [1.54, 1.807) is 4.68 Å². The summed E-state index contributed by atoms with van der Waals surface area (Å²) in [5.41, 5.74) is 7.46. The number of halogens is 4. The topological polar surface area (TPSA) is 43.8 Å². The van der Waals surface area contributed by atoms with Crippen LogP contribution in [0.5, 0.6) is 0 Å². The standard InChI is InChI=1S/C14H13BrF3N3/c15-10-6-5-8(14(16,17)18)7-12(10)21-11-4-2-1-3-9(11)13(19)20-21/h5-7H,1-4H2,(H2,19,20). The highest BCUT2D eigenvalue weighted by atomic mass is 79.9. The van der Waals surface area contributed by atoms with Crippen molar-refractivity contribution < 1.29 is 13.2 Å². The zero-order valence-corrected chi connectivity index (χ0v) is 12.6. The first-order valence-corrected chi connectivity index (χ1v) is 7.40. The molecule has 0 aliphatic heterocycles. The molecule has 0 saturated heterocycles. The first-order chi connectivity index (χ1) is 9.88. The van der Waals surface area contributed by atoms with Crippen molar-refractivity contribution >= 4 is 21.7 Å². The van der Waals surface area contributed by atoms with E-state index in [4.69, 9.17) is 5.73 Å². The second kappa shape index (κ2) is 5.05. The number of aromatic nitrogens is 2. The van der Waals surface area contributed by atoms with Crippen molar-refractivity contribution in [1.82, 2.24) is 9.78 Å². The van der Waals surface area contributed by atoms with E-state index in [9.17, 15) is 13.2 Å². The lowest BCUT2D eigenvalue weighted by Gasteiger charge is -2.16. The van der Waals surface area contributed by atoms with Gasteiger partial charge < -0.3 is 5.73 Å². The summed E-state index contributed by atoms with van der Waals surface area (Å²) in [4.78, 5) is 0. The highest BCUT2D eigenvalue weighted by Crippen LogP contribution is 2.35. The summed E-state index contributed by atoms with van der Waals surface area (Å²) < 4.78 is 40.8. The molecule has 0 spiro atoms. The minimum absolute atomic E-state index is 0.375. The molecule has 0 unspecified atom stereocenters. The number of anilines is 1. The van der Waals surface area contributed by atoms with Crippen molar-refractivity contribution in [3.05, 3.63) is 39.5 Å². The van der Waals surface area contributed by atoms with E-state index in [-0.39, 0.29) is 0 Å². The molecule has 1 aliphatic rings. The maximum absolute atomic E-state index is 12.9. The summed E-state index contributed by atoms with van der Waals surface area (Å²) in [7, 11) is 0. The Balaban J connectivity index is 2.17. The minimum atomic E-state index is -4.38. The molecule has 0 bridgehead atoms. The van der Waals surface area contributed by atoms with Crippen molar-refractivity contribution in [2.24, 2.45) is 0 Å². The quantitative estimate of drug-likeness (QED) is 0.832. The van der Waals surface area contributed by atoms with Gasteiger partial charge >= 0.3 is 6.18 Å². The van der Waals surface area contributed by atoms with E-state index >= 15 is 0 Å². The summed E-state index contributed by atoms with van der Waals surface area (Å²) in [6, 6.07) is 3.55. The molecular weight excluding hydrogens is 347 g/mol. The van der Waals surface area contributed by atoms with Crippen LogP contribution in [0.25, 0.3) is 5.69 Å². The summed E-state index contributed by atoms with van der Waals surface area (Å²) in [5.74, 6) is 0.411. The molecule has 21 heavy (non-hydrogen) atoms. The van der Waals surface area contributed by atoms with Crippen molar-refractivity contribution in [1.29, 1.82) is 0 Å². The van der Waals surface area contributed by atoms with E-state index in [2.05, 4.69) is 21.0 Å². The van der Waals surface area contributed by atoms with Crippen LogP contribution >= 0.6 is 15.9 Å². The predicted octanol–water partition coefficient (Wildman–Crippen LogP) is 4.11. The van der Waals surface area contributed by atoms with Gasteiger partial charge in [-0.15, -0.1) is 0 Å². The highest BCUT2D eigenvalue weighted by molar-refractivity contribution is 9.10. The van der Waals surface area contributed by atoms with Crippen LogP contribution in [-0.2, 0) is 19.0 Å². The summed E-state index contributed by atoms with van der Waals surface area (Å²) >= 11 is 3.30. The molecule has 1 aromatic carbocycles. The number of alkyl halides is 3. The number of hydrogen-bond donors (Lipinski definition) is 1. The molecule has 1 aliphatic carbocycles. The molecule has 3 nitrogen and oxygen atoms in total. The van der Waals surface area contributed by atoms with Crippen LogP contribution < -0.4 is 5.73 Å². The van der Waals surface area contributed by atoms with Crippen LogP contribution in [0.1, 0.15) is 29.7 Å². The van der Waals surface area contributed by atoms with Crippen LogP contribution in [0.15, 0.2) is 22.7 Å². The maximum atomic E-state index is 12.9. The lowest BCUT2D eigenvalue weighted by atomic mass is 9.97. The smallest absolute Gasteiger partial charge is 0.382 e. The van der Waals surface area contributed by atoms with Crippen molar-refractivity contribution in [3.8, 4) is 5.69 Å². The van der Waals surface area contributed by atoms with Crippen molar-refractivity contribution in [2.45, 2.75) is 31.9 Å². The summed E-state index contributed by atoms with van der Waals surface area (Å²) in [6.07, 6.45) is -0.741. The number of fused-ring (bicyclic) bond motifs is 1. The fourth-order valence-electron chi connectivity index (χ4n) is 2.68. The first kappa shape index (κ1) is 14.4. The fourth-order valence-corrected chi connectivity index (χ4v) is 3.09. The molecule has 2 aromatic rings. The molecule has 1 aromatic heterocycles. The average Bonchev–Trinajstić information content (AvgIpc) is 2.76. The number of benzene rings is 1. The van der Waals surface area contributed by atoms with Gasteiger partial charge in [-0.2, -0.15) is 18.3 Å². The predicted molar refractivity (Wildman–Crippen MR) is 77.3 cm³/mol. The Hall–Kier alpha value is -1.50. The number of nitrogen functional groups attached to an aromatic ring is 1. The van der Waals surface area contributed by atoms with Gasteiger partial charge in [0.25, 0.3) is 0 Å². The minimum Gasteiger partial charge on any atom is -0.382 e. The molecule has 0 saturated carbocycles. The molecule has 1 heterocycles. The van der Waals surface area contributed by atoms with Crippen LogP contribution in [-0.4, -0.2) is 9.78 Å². The number of hydrogen-bond acceptors (Lipinski definition) is 2. The average molecular weight is 360 g/mol. The number of nitrogens with two attached hydrogens (primary N) is 1. The molecule has 2 N–H and O–H groups in total. The zero-order chi connectivity index (χ0) is 15.2. The van der Waals surface area contributed by atoms with Gasteiger partial charge in [0.1, 0.15) is 5.82 Å². The Bertz CT molecular complexity index is 692. The van der Waals surface area contributed by atoms with Gasteiger partial charge in [-0.05, 0) is 59.8 Å². The van der Waals surface area contributed by atoms with E-state index in [0.29, 0.717) is 16.0 Å².